The van der Waals surface area contributed by atoms with Crippen LogP contribution in [0.4, 0.5) is 0 Å². The smallest absolute Gasteiger partial charge is 0.260 e. The molecule has 1 atom stereocenters. The summed E-state index contributed by atoms with van der Waals surface area (Å²) in [6.07, 6.45) is -0.618. The Morgan fingerprint density at radius 1 is 1.50 bits per heavy atom. The normalized spacial score (nSPS) is 12.9. The monoisotopic (exact) mass is 270 g/mol. The molecule has 0 bridgehead atoms. The molecule has 0 fully saturated rings. The molecule has 5 heteroatoms. The SMILES string of the molecule is CC(Oc1ccccc1Cl)C(=O)NCC(C)(C)N. The van der Waals surface area contributed by atoms with Crippen LogP contribution in [0, 0.1) is 0 Å². The van der Waals surface area contributed by atoms with Crippen LogP contribution in [-0.2, 0) is 4.79 Å². The molecule has 1 unspecified atom stereocenters. The third kappa shape index (κ3) is 4.94. The number of hydrogen-bond donors (Lipinski definition) is 2. The number of rotatable bonds is 5. The zero-order valence-electron chi connectivity index (χ0n) is 10.9. The summed E-state index contributed by atoms with van der Waals surface area (Å²) in [7, 11) is 0. The van der Waals surface area contributed by atoms with Gasteiger partial charge < -0.3 is 15.8 Å². The minimum Gasteiger partial charge on any atom is -0.479 e. The summed E-state index contributed by atoms with van der Waals surface area (Å²) >= 11 is 5.95. The minimum atomic E-state index is -0.618. The van der Waals surface area contributed by atoms with Crippen molar-refractivity contribution >= 4 is 17.5 Å². The van der Waals surface area contributed by atoms with Crippen molar-refractivity contribution in [3.05, 3.63) is 29.3 Å². The first-order valence-corrected chi connectivity index (χ1v) is 6.15. The van der Waals surface area contributed by atoms with Gasteiger partial charge in [-0.05, 0) is 32.9 Å². The van der Waals surface area contributed by atoms with Crippen LogP contribution in [0.25, 0.3) is 0 Å². The molecule has 1 aromatic rings. The number of ether oxygens (including phenoxy) is 1. The van der Waals surface area contributed by atoms with E-state index in [0.29, 0.717) is 17.3 Å². The van der Waals surface area contributed by atoms with Gasteiger partial charge in [0.05, 0.1) is 5.02 Å². The lowest BCUT2D eigenvalue weighted by Gasteiger charge is -2.21. The van der Waals surface area contributed by atoms with Crippen molar-refractivity contribution in [3.8, 4) is 5.75 Å². The van der Waals surface area contributed by atoms with Crippen LogP contribution in [0.3, 0.4) is 0 Å². The average Bonchev–Trinajstić information content (AvgIpc) is 2.28. The van der Waals surface area contributed by atoms with Crippen LogP contribution in [0.2, 0.25) is 5.02 Å². The first kappa shape index (κ1) is 14.8. The van der Waals surface area contributed by atoms with Crippen molar-refractivity contribution in [3.63, 3.8) is 0 Å². The zero-order chi connectivity index (χ0) is 13.8. The Balaban J connectivity index is 2.53. The van der Waals surface area contributed by atoms with Crippen molar-refractivity contribution in [2.45, 2.75) is 32.4 Å². The quantitative estimate of drug-likeness (QED) is 0.860. The molecule has 0 spiro atoms. The summed E-state index contributed by atoms with van der Waals surface area (Å²) in [5, 5.41) is 3.21. The summed E-state index contributed by atoms with van der Waals surface area (Å²) < 4.78 is 5.49. The highest BCUT2D eigenvalue weighted by atomic mass is 35.5. The molecule has 0 saturated heterocycles. The van der Waals surface area contributed by atoms with Gasteiger partial charge in [0.2, 0.25) is 0 Å². The highest BCUT2D eigenvalue weighted by molar-refractivity contribution is 6.32. The van der Waals surface area contributed by atoms with Gasteiger partial charge in [0.15, 0.2) is 6.10 Å². The third-order valence-electron chi connectivity index (χ3n) is 2.23. The van der Waals surface area contributed by atoms with Gasteiger partial charge >= 0.3 is 0 Å². The van der Waals surface area contributed by atoms with Crippen LogP contribution >= 0.6 is 11.6 Å². The molecular formula is C13H19ClN2O2. The number of amides is 1. The lowest BCUT2D eigenvalue weighted by Crippen LogP contribution is -2.48. The van der Waals surface area contributed by atoms with Crippen molar-refractivity contribution in [1.82, 2.24) is 5.32 Å². The molecule has 4 nitrogen and oxygen atoms in total. The maximum absolute atomic E-state index is 11.8. The van der Waals surface area contributed by atoms with Crippen molar-refractivity contribution in [2.24, 2.45) is 5.73 Å². The van der Waals surface area contributed by atoms with E-state index in [1.54, 1.807) is 31.2 Å². The van der Waals surface area contributed by atoms with E-state index in [9.17, 15) is 4.79 Å². The predicted molar refractivity (Wildman–Crippen MR) is 72.8 cm³/mol. The zero-order valence-corrected chi connectivity index (χ0v) is 11.6. The fourth-order valence-corrected chi connectivity index (χ4v) is 1.42. The van der Waals surface area contributed by atoms with E-state index in [-0.39, 0.29) is 5.91 Å². The molecule has 0 aliphatic heterocycles. The van der Waals surface area contributed by atoms with Gasteiger partial charge in [-0.1, -0.05) is 23.7 Å². The molecule has 0 radical (unpaired) electrons. The molecule has 0 saturated carbocycles. The first-order valence-electron chi connectivity index (χ1n) is 5.77. The van der Waals surface area contributed by atoms with Crippen LogP contribution in [0.1, 0.15) is 20.8 Å². The molecule has 1 rings (SSSR count). The molecule has 1 amide bonds. The van der Waals surface area contributed by atoms with Gasteiger partial charge in [0.1, 0.15) is 5.75 Å². The maximum atomic E-state index is 11.8. The van der Waals surface area contributed by atoms with Gasteiger partial charge in [0.25, 0.3) is 5.91 Å². The van der Waals surface area contributed by atoms with E-state index < -0.39 is 11.6 Å². The molecule has 0 aliphatic rings. The predicted octanol–water partition coefficient (Wildman–Crippen LogP) is 1.96. The molecule has 0 heterocycles. The second-order valence-corrected chi connectivity index (χ2v) is 5.30. The molecule has 1 aromatic carbocycles. The number of halogens is 1. The van der Waals surface area contributed by atoms with Gasteiger partial charge in [0, 0.05) is 12.1 Å². The summed E-state index contributed by atoms with van der Waals surface area (Å²) in [6, 6.07) is 7.04. The number of nitrogens with one attached hydrogen (secondary N) is 1. The van der Waals surface area contributed by atoms with E-state index in [2.05, 4.69) is 5.32 Å². The molecule has 18 heavy (non-hydrogen) atoms. The average molecular weight is 271 g/mol. The molecule has 0 aliphatic carbocycles. The minimum absolute atomic E-state index is 0.214. The van der Waals surface area contributed by atoms with E-state index in [1.165, 1.54) is 0 Å². The van der Waals surface area contributed by atoms with Crippen molar-refractivity contribution in [2.75, 3.05) is 6.54 Å². The molecule has 3 N–H and O–H groups in total. The van der Waals surface area contributed by atoms with Crippen molar-refractivity contribution < 1.29 is 9.53 Å². The number of benzene rings is 1. The highest BCUT2D eigenvalue weighted by Crippen LogP contribution is 2.24. The van der Waals surface area contributed by atoms with Gasteiger partial charge in [-0.2, -0.15) is 0 Å². The Morgan fingerprint density at radius 3 is 2.67 bits per heavy atom. The van der Waals surface area contributed by atoms with E-state index in [4.69, 9.17) is 22.1 Å². The van der Waals surface area contributed by atoms with Gasteiger partial charge in [-0.25, -0.2) is 0 Å². The standard InChI is InChI=1S/C13H19ClN2O2/c1-9(12(17)16-8-13(2,3)15)18-11-7-5-4-6-10(11)14/h4-7,9H,8,15H2,1-3H3,(H,16,17). The molecule has 100 valence electrons. The molecular weight excluding hydrogens is 252 g/mol. The second kappa shape index (κ2) is 6.07. The summed E-state index contributed by atoms with van der Waals surface area (Å²) in [4.78, 5) is 11.8. The molecule has 0 aromatic heterocycles. The number of para-hydroxylation sites is 1. The van der Waals surface area contributed by atoms with Crippen LogP contribution in [-0.4, -0.2) is 24.1 Å². The number of hydrogen-bond acceptors (Lipinski definition) is 3. The van der Waals surface area contributed by atoms with E-state index in [0.717, 1.165) is 0 Å². The topological polar surface area (TPSA) is 64.3 Å². The Labute approximate surface area is 112 Å². The third-order valence-corrected chi connectivity index (χ3v) is 2.54. The summed E-state index contributed by atoms with van der Waals surface area (Å²) in [5.41, 5.74) is 5.34. The Bertz CT molecular complexity index is 416. The Morgan fingerprint density at radius 2 is 2.11 bits per heavy atom. The van der Waals surface area contributed by atoms with E-state index >= 15 is 0 Å². The Kier molecular flexibility index (Phi) is 4.99. The maximum Gasteiger partial charge on any atom is 0.260 e. The largest absolute Gasteiger partial charge is 0.479 e. The first-order chi connectivity index (χ1) is 8.29. The van der Waals surface area contributed by atoms with Gasteiger partial charge in [-0.15, -0.1) is 0 Å². The van der Waals surface area contributed by atoms with Gasteiger partial charge in [-0.3, -0.25) is 4.79 Å². The summed E-state index contributed by atoms with van der Waals surface area (Å²) in [6.45, 7) is 5.74. The Hall–Kier alpha value is -1.26. The fraction of sp³-hybridized carbons (Fsp3) is 0.462. The summed E-state index contributed by atoms with van der Waals surface area (Å²) in [5.74, 6) is 0.280. The fourth-order valence-electron chi connectivity index (χ4n) is 1.24. The number of nitrogens with two attached hydrogens (primary N) is 1. The van der Waals surface area contributed by atoms with Crippen LogP contribution < -0.4 is 15.8 Å². The number of carbonyl (C=O) groups is 1. The van der Waals surface area contributed by atoms with Crippen LogP contribution in [0.5, 0.6) is 5.75 Å². The highest BCUT2D eigenvalue weighted by Gasteiger charge is 2.18. The van der Waals surface area contributed by atoms with Crippen molar-refractivity contribution in [1.29, 1.82) is 0 Å². The second-order valence-electron chi connectivity index (χ2n) is 4.90. The van der Waals surface area contributed by atoms with E-state index in [1.807, 2.05) is 13.8 Å². The number of carbonyl (C=O) groups excluding carboxylic acids is 1. The van der Waals surface area contributed by atoms with Crippen LogP contribution in [0.15, 0.2) is 24.3 Å². The lowest BCUT2D eigenvalue weighted by atomic mass is 10.1. The lowest BCUT2D eigenvalue weighted by molar-refractivity contribution is -0.127.